The van der Waals surface area contributed by atoms with E-state index in [1.54, 1.807) is 4.90 Å². The molecule has 11 heteroatoms. The van der Waals surface area contributed by atoms with E-state index in [-0.39, 0.29) is 12.0 Å². The number of amides is 1. The molecule has 6 rings (SSSR count). The Morgan fingerprint density at radius 1 is 1.08 bits per heavy atom. The van der Waals surface area contributed by atoms with Crippen molar-refractivity contribution >= 4 is 34.1 Å². The summed E-state index contributed by atoms with van der Waals surface area (Å²) in [5, 5.41) is 0. The van der Waals surface area contributed by atoms with Gasteiger partial charge in [0.1, 0.15) is 17.2 Å². The molecule has 2 fully saturated rings. The third kappa shape index (κ3) is 4.69. The lowest BCUT2D eigenvalue weighted by Crippen LogP contribution is -2.37. The molecule has 11 nitrogen and oxygen atoms in total. The van der Waals surface area contributed by atoms with E-state index in [0.717, 1.165) is 65.6 Å². The quantitative estimate of drug-likeness (QED) is 0.391. The summed E-state index contributed by atoms with van der Waals surface area (Å²) in [5.74, 6) is 3.30. The van der Waals surface area contributed by atoms with Crippen LogP contribution in [0, 0.1) is 0 Å². The van der Waals surface area contributed by atoms with E-state index in [1.807, 2.05) is 46.0 Å². The van der Waals surface area contributed by atoms with Crippen LogP contribution in [0.25, 0.3) is 28.1 Å². The van der Waals surface area contributed by atoms with Gasteiger partial charge in [-0.2, -0.15) is 9.97 Å². The number of aryl methyl sites for hydroxylation is 2. The fraction of sp³-hybridized carbons (Fsp3) is 0.536. The number of anilines is 1. The molecule has 0 aliphatic carbocycles. The van der Waals surface area contributed by atoms with Crippen LogP contribution in [0.2, 0.25) is 0 Å². The lowest BCUT2D eigenvalue weighted by atomic mass is 10.1. The smallest absolute Gasteiger partial charge is 0.410 e. The number of hydrogen-bond donors (Lipinski definition) is 0. The monoisotopic (exact) mass is 532 g/mol. The van der Waals surface area contributed by atoms with Crippen LogP contribution in [-0.4, -0.2) is 85.1 Å². The molecular weight excluding hydrogens is 496 g/mol. The summed E-state index contributed by atoms with van der Waals surface area (Å²) in [6, 6.07) is 8.09. The van der Waals surface area contributed by atoms with Crippen LogP contribution in [0.5, 0.6) is 0 Å². The number of nitrogens with zero attached hydrogens (tertiary/aromatic N) is 8. The third-order valence-electron chi connectivity index (χ3n) is 7.39. The minimum atomic E-state index is -0.527. The van der Waals surface area contributed by atoms with Crippen LogP contribution in [0.3, 0.4) is 0 Å². The summed E-state index contributed by atoms with van der Waals surface area (Å²) in [6.45, 7) is 11.7. The van der Waals surface area contributed by atoms with Gasteiger partial charge in [0.2, 0.25) is 5.95 Å². The van der Waals surface area contributed by atoms with Crippen LogP contribution in [0.1, 0.15) is 51.7 Å². The molecule has 1 amide bonds. The van der Waals surface area contributed by atoms with Gasteiger partial charge < -0.3 is 23.8 Å². The summed E-state index contributed by atoms with van der Waals surface area (Å²) in [7, 11) is 2.01. The molecule has 2 aliphatic heterocycles. The topological polar surface area (TPSA) is 103 Å². The number of fused-ring (bicyclic) bond motifs is 2. The molecule has 0 radical (unpaired) electrons. The van der Waals surface area contributed by atoms with E-state index < -0.39 is 5.60 Å². The second-order valence-corrected chi connectivity index (χ2v) is 11.3. The van der Waals surface area contributed by atoms with Crippen molar-refractivity contribution in [2.45, 2.75) is 52.1 Å². The zero-order chi connectivity index (χ0) is 27.3. The van der Waals surface area contributed by atoms with Gasteiger partial charge in [0.25, 0.3) is 0 Å². The van der Waals surface area contributed by atoms with Gasteiger partial charge in [-0.15, -0.1) is 0 Å². The first-order chi connectivity index (χ1) is 18.7. The molecule has 1 atom stereocenters. The number of morpholine rings is 1. The van der Waals surface area contributed by atoms with Crippen molar-refractivity contribution in [3.8, 4) is 5.95 Å². The molecule has 3 aromatic heterocycles. The average Bonchev–Trinajstić information content (AvgIpc) is 3.63. The van der Waals surface area contributed by atoms with Gasteiger partial charge in [0.05, 0.1) is 24.2 Å². The van der Waals surface area contributed by atoms with Gasteiger partial charge >= 0.3 is 6.09 Å². The van der Waals surface area contributed by atoms with E-state index in [4.69, 9.17) is 29.4 Å². The molecule has 206 valence electrons. The summed E-state index contributed by atoms with van der Waals surface area (Å²) >= 11 is 0. The Labute approximate surface area is 227 Å². The van der Waals surface area contributed by atoms with E-state index in [0.29, 0.717) is 32.3 Å². The minimum Gasteiger partial charge on any atom is -0.444 e. The van der Waals surface area contributed by atoms with Crippen LogP contribution < -0.4 is 4.90 Å². The molecule has 2 aliphatic rings. The number of likely N-dealkylation sites (tertiary alicyclic amines) is 1. The molecule has 0 spiro atoms. The molecule has 2 saturated heterocycles. The Kier molecular flexibility index (Phi) is 6.41. The summed E-state index contributed by atoms with van der Waals surface area (Å²) in [6.07, 6.45) is 1.29. The largest absolute Gasteiger partial charge is 0.444 e. The Morgan fingerprint density at radius 3 is 2.59 bits per heavy atom. The van der Waals surface area contributed by atoms with Crippen LogP contribution in [0.4, 0.5) is 10.6 Å². The number of benzene rings is 1. The second kappa shape index (κ2) is 9.78. The summed E-state index contributed by atoms with van der Waals surface area (Å²) in [5.41, 5.74) is 2.92. The van der Waals surface area contributed by atoms with Crippen LogP contribution in [0.15, 0.2) is 24.3 Å². The van der Waals surface area contributed by atoms with Crippen molar-refractivity contribution in [3.63, 3.8) is 0 Å². The predicted octanol–water partition coefficient (Wildman–Crippen LogP) is 3.83. The van der Waals surface area contributed by atoms with E-state index in [2.05, 4.69) is 27.0 Å². The number of rotatable bonds is 4. The maximum Gasteiger partial charge on any atom is 0.410 e. The number of hydrogen-bond acceptors (Lipinski definition) is 8. The molecule has 1 unspecified atom stereocenters. The van der Waals surface area contributed by atoms with Gasteiger partial charge in [0, 0.05) is 45.6 Å². The van der Waals surface area contributed by atoms with Crippen molar-refractivity contribution in [1.29, 1.82) is 0 Å². The Bertz CT molecular complexity index is 1530. The standard InChI is InChI=1S/C28H36N8O3/c1-6-21-29-19-9-7-8-10-20(19)36(21)26-31-24-22(25(32-26)34-13-15-38-16-14-34)30-23(33(24)5)18-11-12-35(17-18)27(37)39-28(2,3)4/h7-10,18H,6,11-17H2,1-5H3. The summed E-state index contributed by atoms with van der Waals surface area (Å²) in [4.78, 5) is 36.9. The van der Waals surface area contributed by atoms with Gasteiger partial charge in [-0.1, -0.05) is 19.1 Å². The maximum atomic E-state index is 12.7. The van der Waals surface area contributed by atoms with Gasteiger partial charge in [0.15, 0.2) is 17.0 Å². The number of ether oxygens (including phenoxy) is 2. The van der Waals surface area contributed by atoms with Crippen molar-refractivity contribution in [3.05, 3.63) is 35.9 Å². The first-order valence-corrected chi connectivity index (χ1v) is 13.7. The molecular formula is C28H36N8O3. The second-order valence-electron chi connectivity index (χ2n) is 11.3. The Hall–Kier alpha value is -3.73. The normalized spacial score (nSPS) is 18.4. The highest BCUT2D eigenvalue weighted by Gasteiger charge is 2.34. The highest BCUT2D eigenvalue weighted by molar-refractivity contribution is 5.86. The fourth-order valence-electron chi connectivity index (χ4n) is 5.51. The SMILES string of the molecule is CCc1nc2ccccc2n1-c1nc(N2CCOCC2)c2nc(C3CCN(C(=O)OC(C)(C)C)C3)n(C)c2n1. The van der Waals surface area contributed by atoms with E-state index in [9.17, 15) is 4.79 Å². The number of carbonyl (C=O) groups is 1. The summed E-state index contributed by atoms with van der Waals surface area (Å²) < 4.78 is 15.4. The van der Waals surface area contributed by atoms with Crippen LogP contribution in [-0.2, 0) is 22.9 Å². The number of carbonyl (C=O) groups excluding carboxylic acids is 1. The first-order valence-electron chi connectivity index (χ1n) is 13.7. The molecule has 0 N–H and O–H groups in total. The van der Waals surface area contributed by atoms with Gasteiger partial charge in [-0.3, -0.25) is 4.57 Å². The molecule has 4 aromatic rings. The van der Waals surface area contributed by atoms with Crippen molar-refractivity contribution in [2.75, 3.05) is 44.3 Å². The molecule has 0 saturated carbocycles. The lowest BCUT2D eigenvalue weighted by molar-refractivity contribution is 0.0292. The van der Waals surface area contributed by atoms with Crippen molar-refractivity contribution < 1.29 is 14.3 Å². The fourth-order valence-corrected chi connectivity index (χ4v) is 5.51. The average molecular weight is 533 g/mol. The predicted molar refractivity (Wildman–Crippen MR) is 149 cm³/mol. The third-order valence-corrected chi connectivity index (χ3v) is 7.39. The number of imidazole rings is 2. The number of aromatic nitrogens is 6. The van der Waals surface area contributed by atoms with Gasteiger partial charge in [-0.05, 0) is 39.3 Å². The highest BCUT2D eigenvalue weighted by Crippen LogP contribution is 2.33. The molecule has 5 heterocycles. The van der Waals surface area contributed by atoms with Crippen LogP contribution >= 0.6 is 0 Å². The molecule has 39 heavy (non-hydrogen) atoms. The van der Waals surface area contributed by atoms with E-state index in [1.165, 1.54) is 0 Å². The number of para-hydroxylation sites is 2. The van der Waals surface area contributed by atoms with Crippen molar-refractivity contribution in [1.82, 2.24) is 34.0 Å². The van der Waals surface area contributed by atoms with Crippen molar-refractivity contribution in [2.24, 2.45) is 7.05 Å². The first kappa shape index (κ1) is 25.5. The Morgan fingerprint density at radius 2 is 1.85 bits per heavy atom. The molecule has 0 bridgehead atoms. The Balaban J connectivity index is 1.45. The lowest BCUT2D eigenvalue weighted by Gasteiger charge is -2.28. The zero-order valence-electron chi connectivity index (χ0n) is 23.3. The zero-order valence-corrected chi connectivity index (χ0v) is 23.3. The van der Waals surface area contributed by atoms with E-state index >= 15 is 0 Å². The highest BCUT2D eigenvalue weighted by atomic mass is 16.6. The minimum absolute atomic E-state index is 0.0815. The molecule has 1 aromatic carbocycles. The van der Waals surface area contributed by atoms with Gasteiger partial charge in [-0.25, -0.2) is 14.8 Å². The maximum absolute atomic E-state index is 12.7.